The number of hydrogen-bond acceptors (Lipinski definition) is 3. The molecule has 0 heterocycles. The second-order valence-corrected chi connectivity index (χ2v) is 5.65. The summed E-state index contributed by atoms with van der Waals surface area (Å²) in [5.74, 6) is 0.344. The zero-order chi connectivity index (χ0) is 17.5. The number of anilines is 1. The molecule has 0 aliphatic carbocycles. The maximum Gasteiger partial charge on any atom is 0.416 e. The van der Waals surface area contributed by atoms with Crippen molar-refractivity contribution in [3.63, 3.8) is 0 Å². The SMILES string of the molecule is CCCOc1ccc(C(F)(F)F)cc1NC(=S)NCCN(C)C. The van der Waals surface area contributed by atoms with Gasteiger partial charge in [-0.05, 0) is 50.9 Å². The molecule has 23 heavy (non-hydrogen) atoms. The molecule has 0 aromatic heterocycles. The molecule has 1 rings (SSSR count). The van der Waals surface area contributed by atoms with E-state index in [1.165, 1.54) is 6.07 Å². The number of likely N-dealkylation sites (N-methyl/N-ethyl adjacent to an activating group) is 1. The first-order chi connectivity index (χ1) is 10.7. The lowest BCUT2D eigenvalue weighted by molar-refractivity contribution is -0.137. The van der Waals surface area contributed by atoms with Crippen molar-refractivity contribution in [2.75, 3.05) is 39.1 Å². The number of halogens is 3. The summed E-state index contributed by atoms with van der Waals surface area (Å²) in [5, 5.41) is 5.99. The van der Waals surface area contributed by atoms with Gasteiger partial charge in [-0.2, -0.15) is 13.2 Å². The van der Waals surface area contributed by atoms with Crippen molar-refractivity contribution >= 4 is 23.0 Å². The van der Waals surface area contributed by atoms with Gasteiger partial charge in [0, 0.05) is 13.1 Å². The highest BCUT2D eigenvalue weighted by atomic mass is 32.1. The molecular formula is C15H22F3N3OS. The number of alkyl halides is 3. The number of nitrogens with one attached hydrogen (secondary N) is 2. The molecule has 0 fully saturated rings. The number of rotatable bonds is 7. The van der Waals surface area contributed by atoms with Gasteiger partial charge in [-0.15, -0.1) is 0 Å². The van der Waals surface area contributed by atoms with Gasteiger partial charge in [0.05, 0.1) is 17.9 Å². The van der Waals surface area contributed by atoms with Crippen LogP contribution >= 0.6 is 12.2 Å². The van der Waals surface area contributed by atoms with Crippen molar-refractivity contribution in [3.05, 3.63) is 23.8 Å². The highest BCUT2D eigenvalue weighted by Gasteiger charge is 2.31. The predicted octanol–water partition coefficient (Wildman–Crippen LogP) is 3.34. The average Bonchev–Trinajstić information content (AvgIpc) is 2.44. The zero-order valence-electron chi connectivity index (χ0n) is 13.5. The van der Waals surface area contributed by atoms with Crippen LogP contribution in [-0.2, 0) is 6.18 Å². The molecule has 0 aliphatic heterocycles. The summed E-state index contributed by atoms with van der Waals surface area (Å²) in [5.41, 5.74) is -0.546. The predicted molar refractivity (Wildman–Crippen MR) is 90.0 cm³/mol. The molecule has 0 bridgehead atoms. The van der Waals surface area contributed by atoms with E-state index in [4.69, 9.17) is 17.0 Å². The van der Waals surface area contributed by atoms with E-state index in [2.05, 4.69) is 10.6 Å². The van der Waals surface area contributed by atoms with Gasteiger partial charge in [-0.1, -0.05) is 6.92 Å². The molecule has 1 aromatic rings. The highest BCUT2D eigenvalue weighted by molar-refractivity contribution is 7.80. The van der Waals surface area contributed by atoms with Gasteiger partial charge in [0.2, 0.25) is 0 Å². The van der Waals surface area contributed by atoms with Crippen LogP contribution in [0.5, 0.6) is 5.75 Å². The molecule has 4 nitrogen and oxygen atoms in total. The molecule has 0 atom stereocenters. The molecule has 0 radical (unpaired) electrons. The van der Waals surface area contributed by atoms with Crippen LogP contribution in [-0.4, -0.2) is 43.8 Å². The minimum Gasteiger partial charge on any atom is -0.491 e. The Morgan fingerprint density at radius 1 is 1.30 bits per heavy atom. The summed E-state index contributed by atoms with van der Waals surface area (Å²) in [6, 6.07) is 3.31. The summed E-state index contributed by atoms with van der Waals surface area (Å²) in [4.78, 5) is 1.97. The van der Waals surface area contributed by atoms with E-state index < -0.39 is 11.7 Å². The normalized spacial score (nSPS) is 11.4. The zero-order valence-corrected chi connectivity index (χ0v) is 14.3. The van der Waals surface area contributed by atoms with E-state index in [1.54, 1.807) is 0 Å². The van der Waals surface area contributed by atoms with E-state index in [1.807, 2.05) is 25.9 Å². The lowest BCUT2D eigenvalue weighted by Crippen LogP contribution is -2.34. The third-order valence-electron chi connectivity index (χ3n) is 2.86. The van der Waals surface area contributed by atoms with Crippen LogP contribution in [0.2, 0.25) is 0 Å². The van der Waals surface area contributed by atoms with Gasteiger partial charge >= 0.3 is 6.18 Å². The summed E-state index contributed by atoms with van der Waals surface area (Å²) < 4.78 is 44.0. The fraction of sp³-hybridized carbons (Fsp3) is 0.533. The second-order valence-electron chi connectivity index (χ2n) is 5.24. The van der Waals surface area contributed by atoms with Gasteiger partial charge in [-0.25, -0.2) is 0 Å². The third kappa shape index (κ3) is 7.04. The van der Waals surface area contributed by atoms with Crippen molar-refractivity contribution in [3.8, 4) is 5.75 Å². The van der Waals surface area contributed by atoms with Crippen LogP contribution in [0.4, 0.5) is 18.9 Å². The van der Waals surface area contributed by atoms with Gasteiger partial charge in [0.25, 0.3) is 0 Å². The molecule has 0 aliphatic rings. The summed E-state index contributed by atoms with van der Waals surface area (Å²) in [7, 11) is 3.84. The Balaban J connectivity index is 2.84. The number of ether oxygens (including phenoxy) is 1. The Hall–Kier alpha value is -1.54. The summed E-state index contributed by atoms with van der Waals surface area (Å²) >= 11 is 5.12. The molecule has 0 saturated heterocycles. The Labute approximate surface area is 140 Å². The van der Waals surface area contributed by atoms with Gasteiger partial charge in [0.15, 0.2) is 5.11 Å². The van der Waals surface area contributed by atoms with Gasteiger partial charge in [0.1, 0.15) is 5.75 Å². The monoisotopic (exact) mass is 349 g/mol. The van der Waals surface area contributed by atoms with Crippen molar-refractivity contribution in [2.24, 2.45) is 0 Å². The first kappa shape index (κ1) is 19.5. The minimum atomic E-state index is -4.42. The highest BCUT2D eigenvalue weighted by Crippen LogP contribution is 2.35. The summed E-state index contributed by atoms with van der Waals surface area (Å²) in [6.45, 7) is 3.68. The maximum absolute atomic E-state index is 12.9. The molecule has 130 valence electrons. The van der Waals surface area contributed by atoms with E-state index in [-0.39, 0.29) is 10.8 Å². The van der Waals surface area contributed by atoms with Crippen molar-refractivity contribution in [1.82, 2.24) is 10.2 Å². The Kier molecular flexibility index (Phi) is 7.57. The Morgan fingerprint density at radius 2 is 2.00 bits per heavy atom. The smallest absolute Gasteiger partial charge is 0.416 e. The topological polar surface area (TPSA) is 36.5 Å². The lowest BCUT2D eigenvalue weighted by atomic mass is 10.2. The lowest BCUT2D eigenvalue weighted by Gasteiger charge is -2.17. The van der Waals surface area contributed by atoms with Crippen LogP contribution in [0.25, 0.3) is 0 Å². The molecule has 8 heteroatoms. The molecule has 2 N–H and O–H groups in total. The van der Waals surface area contributed by atoms with Crippen LogP contribution in [0.15, 0.2) is 18.2 Å². The Morgan fingerprint density at radius 3 is 2.57 bits per heavy atom. The average molecular weight is 349 g/mol. The molecule has 0 amide bonds. The van der Waals surface area contributed by atoms with Crippen LogP contribution < -0.4 is 15.4 Å². The number of thiocarbonyl (C=S) groups is 1. The number of hydrogen-bond donors (Lipinski definition) is 2. The quantitative estimate of drug-likeness (QED) is 0.739. The number of benzene rings is 1. The van der Waals surface area contributed by atoms with Gasteiger partial charge < -0.3 is 20.3 Å². The van der Waals surface area contributed by atoms with Crippen molar-refractivity contribution < 1.29 is 17.9 Å². The fourth-order valence-corrected chi connectivity index (χ4v) is 1.91. The Bertz CT molecular complexity index is 521. The molecule has 1 aromatic carbocycles. The molecule has 0 spiro atoms. The van der Waals surface area contributed by atoms with Crippen molar-refractivity contribution in [1.29, 1.82) is 0 Å². The van der Waals surface area contributed by atoms with Crippen LogP contribution in [0.1, 0.15) is 18.9 Å². The standard InChI is InChI=1S/C15H22F3N3OS/c1-4-9-22-13-6-5-11(15(16,17)18)10-12(13)20-14(23)19-7-8-21(2)3/h5-6,10H,4,7-9H2,1-3H3,(H2,19,20,23). The van der Waals surface area contributed by atoms with Crippen LogP contribution in [0.3, 0.4) is 0 Å². The first-order valence-corrected chi connectivity index (χ1v) is 7.68. The fourth-order valence-electron chi connectivity index (χ4n) is 1.70. The molecule has 0 unspecified atom stereocenters. The second kappa shape index (κ2) is 8.93. The first-order valence-electron chi connectivity index (χ1n) is 7.27. The molecule has 0 saturated carbocycles. The minimum absolute atomic E-state index is 0.204. The molecular weight excluding hydrogens is 327 g/mol. The van der Waals surface area contributed by atoms with Crippen molar-refractivity contribution in [2.45, 2.75) is 19.5 Å². The van der Waals surface area contributed by atoms with E-state index >= 15 is 0 Å². The van der Waals surface area contributed by atoms with E-state index in [0.29, 0.717) is 18.9 Å². The van der Waals surface area contributed by atoms with Crippen LogP contribution in [0, 0.1) is 0 Å². The summed E-state index contributed by atoms with van der Waals surface area (Å²) in [6.07, 6.45) is -3.66. The van der Waals surface area contributed by atoms with E-state index in [9.17, 15) is 13.2 Å². The third-order valence-corrected chi connectivity index (χ3v) is 3.11. The van der Waals surface area contributed by atoms with E-state index in [0.717, 1.165) is 25.1 Å². The largest absolute Gasteiger partial charge is 0.491 e. The van der Waals surface area contributed by atoms with Gasteiger partial charge in [-0.3, -0.25) is 0 Å². The number of nitrogens with zero attached hydrogens (tertiary/aromatic N) is 1. The maximum atomic E-state index is 12.9.